The molecule has 0 saturated carbocycles. The van der Waals surface area contributed by atoms with Crippen LogP contribution in [0.5, 0.6) is 11.5 Å². The maximum atomic E-state index is 9.22. The number of fused-ring (bicyclic) bond motifs is 1. The second-order valence-electron chi connectivity index (χ2n) is 5.08. The van der Waals surface area contributed by atoms with Gasteiger partial charge in [-0.1, -0.05) is 6.92 Å². The van der Waals surface area contributed by atoms with Crippen molar-refractivity contribution in [1.29, 1.82) is 0 Å². The molecule has 1 aliphatic rings. The van der Waals surface area contributed by atoms with E-state index in [0.29, 0.717) is 6.54 Å². The average Bonchev–Trinajstić information content (AvgIpc) is 2.79. The fourth-order valence-corrected chi connectivity index (χ4v) is 2.42. The monoisotopic (exact) mass is 265 g/mol. The molecule has 2 rings (SSSR count). The molecule has 106 valence electrons. The molecule has 1 aromatic carbocycles. The van der Waals surface area contributed by atoms with Gasteiger partial charge in [0.25, 0.3) is 0 Å². The van der Waals surface area contributed by atoms with Crippen LogP contribution in [0.4, 0.5) is 0 Å². The van der Waals surface area contributed by atoms with Crippen molar-refractivity contribution in [2.75, 3.05) is 13.7 Å². The summed E-state index contributed by atoms with van der Waals surface area (Å²) in [5, 5.41) is 12.6. The standard InChI is InChI=1S/C15H23NO3/c1-4-13(9-17)16-8-12-7-14(18-3)6-11-5-10(2)19-15(11)12/h6-7,10,13,16-17H,4-5,8-9H2,1-3H3. The molecule has 1 aliphatic heterocycles. The molecule has 0 radical (unpaired) electrons. The van der Waals surface area contributed by atoms with Crippen LogP contribution in [0.15, 0.2) is 12.1 Å². The van der Waals surface area contributed by atoms with Crippen molar-refractivity contribution >= 4 is 0 Å². The van der Waals surface area contributed by atoms with E-state index in [1.807, 2.05) is 12.1 Å². The lowest BCUT2D eigenvalue weighted by Crippen LogP contribution is -2.31. The summed E-state index contributed by atoms with van der Waals surface area (Å²) < 4.78 is 11.2. The third-order valence-corrected chi connectivity index (χ3v) is 3.57. The van der Waals surface area contributed by atoms with Gasteiger partial charge >= 0.3 is 0 Å². The first kappa shape index (κ1) is 14.2. The van der Waals surface area contributed by atoms with Crippen LogP contribution < -0.4 is 14.8 Å². The van der Waals surface area contributed by atoms with Gasteiger partial charge in [-0.15, -0.1) is 0 Å². The van der Waals surface area contributed by atoms with E-state index < -0.39 is 0 Å². The molecule has 1 aromatic rings. The number of aliphatic hydroxyl groups is 1. The molecule has 2 atom stereocenters. The second-order valence-corrected chi connectivity index (χ2v) is 5.08. The number of rotatable bonds is 6. The molecule has 0 amide bonds. The van der Waals surface area contributed by atoms with Gasteiger partial charge in [-0.3, -0.25) is 0 Å². The predicted octanol–water partition coefficient (Wildman–Crippen LogP) is 1.88. The highest BCUT2D eigenvalue weighted by Gasteiger charge is 2.23. The molecule has 0 spiro atoms. The summed E-state index contributed by atoms with van der Waals surface area (Å²) >= 11 is 0. The highest BCUT2D eigenvalue weighted by molar-refractivity contribution is 5.49. The van der Waals surface area contributed by atoms with Crippen LogP contribution >= 0.6 is 0 Å². The van der Waals surface area contributed by atoms with Crippen molar-refractivity contribution in [3.63, 3.8) is 0 Å². The summed E-state index contributed by atoms with van der Waals surface area (Å²) in [4.78, 5) is 0. The van der Waals surface area contributed by atoms with Gasteiger partial charge in [0, 0.05) is 30.1 Å². The molecule has 2 N–H and O–H groups in total. The molecule has 2 unspecified atom stereocenters. The number of nitrogens with one attached hydrogen (secondary N) is 1. The van der Waals surface area contributed by atoms with Gasteiger partial charge in [-0.25, -0.2) is 0 Å². The third-order valence-electron chi connectivity index (χ3n) is 3.57. The van der Waals surface area contributed by atoms with Crippen molar-refractivity contribution in [3.05, 3.63) is 23.3 Å². The largest absolute Gasteiger partial charge is 0.497 e. The summed E-state index contributed by atoms with van der Waals surface area (Å²) in [6.45, 7) is 4.97. The van der Waals surface area contributed by atoms with Crippen molar-refractivity contribution < 1.29 is 14.6 Å². The molecule has 0 fully saturated rings. The number of aliphatic hydroxyl groups excluding tert-OH is 1. The maximum absolute atomic E-state index is 9.22. The van der Waals surface area contributed by atoms with Crippen LogP contribution in [-0.2, 0) is 13.0 Å². The molecular formula is C15H23NO3. The fourth-order valence-electron chi connectivity index (χ4n) is 2.42. The van der Waals surface area contributed by atoms with Gasteiger partial charge in [0.05, 0.1) is 13.7 Å². The van der Waals surface area contributed by atoms with E-state index in [4.69, 9.17) is 9.47 Å². The smallest absolute Gasteiger partial charge is 0.127 e. The molecule has 0 saturated heterocycles. The Morgan fingerprint density at radius 1 is 1.53 bits per heavy atom. The quantitative estimate of drug-likeness (QED) is 0.824. The average molecular weight is 265 g/mol. The zero-order chi connectivity index (χ0) is 13.8. The van der Waals surface area contributed by atoms with E-state index in [1.54, 1.807) is 7.11 Å². The molecule has 4 heteroatoms. The maximum Gasteiger partial charge on any atom is 0.127 e. The first-order chi connectivity index (χ1) is 9.17. The third kappa shape index (κ3) is 3.19. The van der Waals surface area contributed by atoms with Gasteiger partial charge in [0.15, 0.2) is 0 Å². The molecular weight excluding hydrogens is 242 g/mol. The van der Waals surface area contributed by atoms with Gasteiger partial charge in [-0.2, -0.15) is 0 Å². The van der Waals surface area contributed by atoms with Gasteiger partial charge in [0.1, 0.15) is 17.6 Å². The summed E-state index contributed by atoms with van der Waals surface area (Å²) in [6, 6.07) is 4.18. The Labute approximate surface area is 114 Å². The summed E-state index contributed by atoms with van der Waals surface area (Å²) in [5.74, 6) is 1.85. The van der Waals surface area contributed by atoms with E-state index >= 15 is 0 Å². The van der Waals surface area contributed by atoms with E-state index in [2.05, 4.69) is 19.2 Å². The molecule has 19 heavy (non-hydrogen) atoms. The van der Waals surface area contributed by atoms with Crippen LogP contribution in [0.25, 0.3) is 0 Å². The van der Waals surface area contributed by atoms with E-state index in [9.17, 15) is 5.11 Å². The number of ether oxygens (including phenoxy) is 2. The highest BCUT2D eigenvalue weighted by atomic mass is 16.5. The Morgan fingerprint density at radius 3 is 2.95 bits per heavy atom. The van der Waals surface area contributed by atoms with Gasteiger partial charge < -0.3 is 19.9 Å². The molecule has 4 nitrogen and oxygen atoms in total. The SMILES string of the molecule is CCC(CO)NCc1cc(OC)cc2c1OC(C)C2. The van der Waals surface area contributed by atoms with E-state index in [-0.39, 0.29) is 18.8 Å². The lowest BCUT2D eigenvalue weighted by atomic mass is 10.1. The van der Waals surface area contributed by atoms with Crippen molar-refractivity contribution in [2.45, 2.75) is 45.4 Å². The molecule has 0 bridgehead atoms. The number of hydrogen-bond donors (Lipinski definition) is 2. The second kappa shape index (κ2) is 6.26. The van der Waals surface area contributed by atoms with Crippen LogP contribution in [0.2, 0.25) is 0 Å². The molecule has 0 aliphatic carbocycles. The topological polar surface area (TPSA) is 50.7 Å². The van der Waals surface area contributed by atoms with E-state index in [1.165, 1.54) is 5.56 Å². The first-order valence-corrected chi connectivity index (χ1v) is 6.88. The minimum Gasteiger partial charge on any atom is -0.497 e. The van der Waals surface area contributed by atoms with Gasteiger partial charge in [-0.05, 0) is 25.5 Å². The van der Waals surface area contributed by atoms with Gasteiger partial charge in [0.2, 0.25) is 0 Å². The number of hydrogen-bond acceptors (Lipinski definition) is 4. The summed E-state index contributed by atoms with van der Waals surface area (Å²) in [7, 11) is 1.68. The Hall–Kier alpha value is -1.26. The van der Waals surface area contributed by atoms with Crippen molar-refractivity contribution in [1.82, 2.24) is 5.32 Å². The Morgan fingerprint density at radius 2 is 2.32 bits per heavy atom. The van der Waals surface area contributed by atoms with Crippen LogP contribution in [0, 0.1) is 0 Å². The fraction of sp³-hybridized carbons (Fsp3) is 0.600. The number of methoxy groups -OCH3 is 1. The molecule has 0 aromatic heterocycles. The number of benzene rings is 1. The lowest BCUT2D eigenvalue weighted by molar-refractivity contribution is 0.234. The summed E-state index contributed by atoms with van der Waals surface area (Å²) in [6.07, 6.45) is 2.05. The van der Waals surface area contributed by atoms with Crippen LogP contribution in [-0.4, -0.2) is 31.0 Å². The Balaban J connectivity index is 2.17. The molecule has 1 heterocycles. The van der Waals surface area contributed by atoms with Crippen molar-refractivity contribution in [3.8, 4) is 11.5 Å². The lowest BCUT2D eigenvalue weighted by Gasteiger charge is -2.16. The highest BCUT2D eigenvalue weighted by Crippen LogP contribution is 2.36. The van der Waals surface area contributed by atoms with Crippen LogP contribution in [0.1, 0.15) is 31.4 Å². The summed E-state index contributed by atoms with van der Waals surface area (Å²) in [5.41, 5.74) is 2.31. The van der Waals surface area contributed by atoms with Crippen molar-refractivity contribution in [2.24, 2.45) is 0 Å². The Bertz CT molecular complexity index is 430. The minimum absolute atomic E-state index is 0.126. The minimum atomic E-state index is 0.126. The zero-order valence-corrected chi connectivity index (χ0v) is 11.9. The normalized spacial score (nSPS) is 18.8. The van der Waals surface area contributed by atoms with E-state index in [0.717, 1.165) is 29.9 Å². The first-order valence-electron chi connectivity index (χ1n) is 6.88. The zero-order valence-electron chi connectivity index (χ0n) is 11.9. The predicted molar refractivity (Wildman–Crippen MR) is 74.8 cm³/mol. The Kier molecular flexibility index (Phi) is 4.66. The van der Waals surface area contributed by atoms with Crippen LogP contribution in [0.3, 0.4) is 0 Å².